The molecule has 0 radical (unpaired) electrons. The average Bonchev–Trinajstić information content (AvgIpc) is 3.16. The smallest absolute Gasteiger partial charge is 0.224 e. The second-order valence-electron chi connectivity index (χ2n) is 5.92. The van der Waals surface area contributed by atoms with Crippen molar-refractivity contribution in [3.05, 3.63) is 59.6 Å². The molecule has 3 aromatic rings. The van der Waals surface area contributed by atoms with E-state index in [0.717, 1.165) is 16.3 Å². The van der Waals surface area contributed by atoms with E-state index in [4.69, 9.17) is 9.47 Å². The quantitative estimate of drug-likeness (QED) is 0.737. The number of ether oxygens (including phenoxy) is 2. The van der Waals surface area contributed by atoms with E-state index in [9.17, 15) is 4.79 Å². The molecular weight excluding hydrogens is 348 g/mol. The van der Waals surface area contributed by atoms with Crippen LogP contribution in [0.5, 0.6) is 11.5 Å². The van der Waals surface area contributed by atoms with E-state index in [2.05, 4.69) is 10.3 Å². The van der Waals surface area contributed by atoms with Gasteiger partial charge in [-0.1, -0.05) is 30.3 Å². The average molecular weight is 366 g/mol. The number of anilines is 1. The van der Waals surface area contributed by atoms with E-state index < -0.39 is 0 Å². The summed E-state index contributed by atoms with van der Waals surface area (Å²) < 4.78 is 11.0. The van der Waals surface area contributed by atoms with Crippen molar-refractivity contribution in [3.8, 4) is 22.1 Å². The van der Waals surface area contributed by atoms with E-state index >= 15 is 0 Å². The molecule has 0 saturated carbocycles. The highest BCUT2D eigenvalue weighted by atomic mass is 32.1. The molecule has 6 heteroatoms. The predicted octanol–water partition coefficient (Wildman–Crippen LogP) is 4.15. The molecule has 132 valence electrons. The minimum Gasteiger partial charge on any atom is -0.486 e. The van der Waals surface area contributed by atoms with Crippen molar-refractivity contribution in [2.45, 2.75) is 12.8 Å². The molecule has 0 fully saturated rings. The third kappa shape index (κ3) is 3.86. The fourth-order valence-corrected chi connectivity index (χ4v) is 3.58. The fourth-order valence-electron chi connectivity index (χ4n) is 2.72. The number of benzene rings is 2. The number of aromatic nitrogens is 1. The molecular formula is C20H18N2O3S. The maximum Gasteiger partial charge on any atom is 0.224 e. The van der Waals surface area contributed by atoms with E-state index in [1.54, 1.807) is 17.4 Å². The number of nitrogens with one attached hydrogen (secondary N) is 1. The summed E-state index contributed by atoms with van der Waals surface area (Å²) in [5.41, 5.74) is 2.75. The first-order valence-electron chi connectivity index (χ1n) is 8.47. The summed E-state index contributed by atoms with van der Waals surface area (Å²) in [6, 6.07) is 15.5. The number of hydrogen-bond donors (Lipinski definition) is 1. The van der Waals surface area contributed by atoms with Gasteiger partial charge in [0.1, 0.15) is 18.2 Å². The normalized spacial score (nSPS) is 12.6. The SMILES string of the molecule is O=C(CCc1csc(-c2ccccc2)n1)Nc1ccc2c(c1)OCCO2. The number of carbonyl (C=O) groups is 1. The third-order valence-corrected chi connectivity index (χ3v) is 4.95. The molecule has 1 amide bonds. The van der Waals surface area contributed by atoms with Crippen LogP contribution in [-0.4, -0.2) is 24.1 Å². The Labute approximate surface area is 155 Å². The molecule has 0 unspecified atom stereocenters. The molecule has 2 heterocycles. The van der Waals surface area contributed by atoms with Gasteiger partial charge in [-0.05, 0) is 18.6 Å². The fraction of sp³-hybridized carbons (Fsp3) is 0.200. The molecule has 0 saturated heterocycles. The highest BCUT2D eigenvalue weighted by molar-refractivity contribution is 7.13. The molecule has 1 aliphatic rings. The first-order chi connectivity index (χ1) is 12.8. The number of fused-ring (bicyclic) bond motifs is 1. The van der Waals surface area contributed by atoms with Crippen LogP contribution in [-0.2, 0) is 11.2 Å². The highest BCUT2D eigenvalue weighted by Crippen LogP contribution is 2.32. The van der Waals surface area contributed by atoms with Gasteiger partial charge >= 0.3 is 0 Å². The van der Waals surface area contributed by atoms with Crippen molar-refractivity contribution in [1.29, 1.82) is 0 Å². The van der Waals surface area contributed by atoms with Crippen LogP contribution in [0.25, 0.3) is 10.6 Å². The van der Waals surface area contributed by atoms with Gasteiger partial charge in [0.15, 0.2) is 11.5 Å². The third-order valence-electron chi connectivity index (χ3n) is 4.01. The summed E-state index contributed by atoms with van der Waals surface area (Å²) in [6.07, 6.45) is 0.992. The Morgan fingerprint density at radius 2 is 1.88 bits per heavy atom. The van der Waals surface area contributed by atoms with Gasteiger partial charge in [-0.25, -0.2) is 4.98 Å². The number of aryl methyl sites for hydroxylation is 1. The van der Waals surface area contributed by atoms with Crippen molar-refractivity contribution in [3.63, 3.8) is 0 Å². The predicted molar refractivity (Wildman–Crippen MR) is 102 cm³/mol. The standard InChI is InChI=1S/C20H18N2O3S/c23-19(21-15-6-8-17-18(12-15)25-11-10-24-17)9-7-16-13-26-20(22-16)14-4-2-1-3-5-14/h1-6,8,12-13H,7,9-11H2,(H,21,23). The molecule has 1 aliphatic heterocycles. The summed E-state index contributed by atoms with van der Waals surface area (Å²) in [4.78, 5) is 16.8. The summed E-state index contributed by atoms with van der Waals surface area (Å²) in [5, 5.41) is 5.89. The number of amides is 1. The zero-order valence-corrected chi connectivity index (χ0v) is 14.9. The van der Waals surface area contributed by atoms with Crippen LogP contribution < -0.4 is 14.8 Å². The molecule has 1 aromatic heterocycles. The lowest BCUT2D eigenvalue weighted by molar-refractivity contribution is -0.116. The largest absolute Gasteiger partial charge is 0.486 e. The maximum absolute atomic E-state index is 12.2. The van der Waals surface area contributed by atoms with Crippen LogP contribution in [0.15, 0.2) is 53.9 Å². The lowest BCUT2D eigenvalue weighted by atomic mass is 10.2. The second kappa shape index (κ2) is 7.58. The Morgan fingerprint density at radius 3 is 2.73 bits per heavy atom. The van der Waals surface area contributed by atoms with Crippen LogP contribution in [0.3, 0.4) is 0 Å². The molecule has 26 heavy (non-hydrogen) atoms. The van der Waals surface area contributed by atoms with Gasteiger partial charge in [-0.3, -0.25) is 4.79 Å². The van der Waals surface area contributed by atoms with Crippen LogP contribution in [0, 0.1) is 0 Å². The van der Waals surface area contributed by atoms with Crippen LogP contribution in [0.4, 0.5) is 5.69 Å². The lowest BCUT2D eigenvalue weighted by Gasteiger charge is -2.19. The van der Waals surface area contributed by atoms with Crippen LogP contribution >= 0.6 is 11.3 Å². The van der Waals surface area contributed by atoms with E-state index in [-0.39, 0.29) is 5.91 Å². The maximum atomic E-state index is 12.2. The van der Waals surface area contributed by atoms with Gasteiger partial charge in [0, 0.05) is 29.1 Å². The second-order valence-corrected chi connectivity index (χ2v) is 6.77. The van der Waals surface area contributed by atoms with Crippen molar-refractivity contribution in [2.75, 3.05) is 18.5 Å². The minimum atomic E-state index is -0.0454. The Morgan fingerprint density at radius 1 is 1.08 bits per heavy atom. The molecule has 5 nitrogen and oxygen atoms in total. The molecule has 2 aromatic carbocycles. The Bertz CT molecular complexity index is 908. The molecule has 0 spiro atoms. The highest BCUT2D eigenvalue weighted by Gasteiger charge is 2.13. The zero-order chi connectivity index (χ0) is 17.8. The van der Waals surface area contributed by atoms with Gasteiger partial charge in [-0.2, -0.15) is 0 Å². The number of nitrogens with zero attached hydrogens (tertiary/aromatic N) is 1. The summed E-state index contributed by atoms with van der Waals surface area (Å²) >= 11 is 1.60. The number of carbonyl (C=O) groups excluding carboxylic acids is 1. The van der Waals surface area contributed by atoms with Crippen molar-refractivity contribution in [1.82, 2.24) is 4.98 Å². The van der Waals surface area contributed by atoms with Crippen LogP contribution in [0.2, 0.25) is 0 Å². The number of hydrogen-bond acceptors (Lipinski definition) is 5. The summed E-state index contributed by atoms with van der Waals surface area (Å²) in [5.74, 6) is 1.34. The molecule has 0 bridgehead atoms. The van der Waals surface area contributed by atoms with Gasteiger partial charge in [0.25, 0.3) is 0 Å². The first kappa shape index (κ1) is 16.6. The molecule has 0 atom stereocenters. The van der Waals surface area contributed by atoms with Crippen molar-refractivity contribution < 1.29 is 14.3 Å². The zero-order valence-electron chi connectivity index (χ0n) is 14.1. The Kier molecular flexibility index (Phi) is 4.84. The van der Waals surface area contributed by atoms with E-state index in [1.165, 1.54) is 0 Å². The monoisotopic (exact) mass is 366 g/mol. The number of rotatable bonds is 5. The molecule has 4 rings (SSSR count). The number of thiazole rings is 1. The van der Waals surface area contributed by atoms with Crippen LogP contribution in [0.1, 0.15) is 12.1 Å². The summed E-state index contributed by atoms with van der Waals surface area (Å²) in [6.45, 7) is 1.08. The molecule has 0 aliphatic carbocycles. The molecule has 1 N–H and O–H groups in total. The van der Waals surface area contributed by atoms with Gasteiger partial charge < -0.3 is 14.8 Å². The van der Waals surface area contributed by atoms with E-state index in [0.29, 0.717) is 43.2 Å². The minimum absolute atomic E-state index is 0.0454. The van der Waals surface area contributed by atoms with Gasteiger partial charge in [0.05, 0.1) is 5.69 Å². The van der Waals surface area contributed by atoms with Crippen molar-refractivity contribution in [2.24, 2.45) is 0 Å². The summed E-state index contributed by atoms with van der Waals surface area (Å²) in [7, 11) is 0. The van der Waals surface area contributed by atoms with E-state index in [1.807, 2.05) is 47.8 Å². The van der Waals surface area contributed by atoms with Gasteiger partial charge in [0.2, 0.25) is 5.91 Å². The van der Waals surface area contributed by atoms with Gasteiger partial charge in [-0.15, -0.1) is 11.3 Å². The lowest BCUT2D eigenvalue weighted by Crippen LogP contribution is -2.16. The Balaban J connectivity index is 1.34. The van der Waals surface area contributed by atoms with Crippen molar-refractivity contribution >= 4 is 22.9 Å². The Hall–Kier alpha value is -2.86. The topological polar surface area (TPSA) is 60.5 Å². The first-order valence-corrected chi connectivity index (χ1v) is 9.35.